The zero-order valence-corrected chi connectivity index (χ0v) is 18.8. The molecular formula is C24H26FN5OS. The van der Waals surface area contributed by atoms with Gasteiger partial charge in [-0.2, -0.15) is 0 Å². The Morgan fingerprint density at radius 2 is 2.00 bits per heavy atom. The Kier molecular flexibility index (Phi) is 6.50. The molecule has 8 heteroatoms. The van der Waals surface area contributed by atoms with E-state index in [1.165, 1.54) is 12.1 Å². The van der Waals surface area contributed by atoms with Gasteiger partial charge in [0.2, 0.25) is 5.91 Å². The maximum Gasteiger partial charge on any atom is 0.226 e. The zero-order chi connectivity index (χ0) is 22.7. The van der Waals surface area contributed by atoms with Gasteiger partial charge < -0.3 is 20.1 Å². The number of hydrogen-bond acceptors (Lipinski definition) is 3. The monoisotopic (exact) mass is 451 g/mol. The van der Waals surface area contributed by atoms with Crippen LogP contribution in [-0.4, -0.2) is 32.0 Å². The first-order chi connectivity index (χ1) is 15.4. The molecule has 2 unspecified atom stereocenters. The Bertz CT molecular complexity index is 1080. The molecule has 3 heterocycles. The number of aromatic nitrogens is 2. The van der Waals surface area contributed by atoms with E-state index in [-0.39, 0.29) is 30.2 Å². The molecule has 4 rings (SSSR count). The fourth-order valence-electron chi connectivity index (χ4n) is 3.91. The molecule has 0 aliphatic carbocycles. The van der Waals surface area contributed by atoms with E-state index >= 15 is 0 Å². The Labute approximate surface area is 192 Å². The third-order valence-electron chi connectivity index (χ3n) is 5.58. The molecule has 1 amide bonds. The number of anilines is 1. The van der Waals surface area contributed by atoms with Crippen molar-refractivity contribution in [2.75, 3.05) is 11.9 Å². The Morgan fingerprint density at radius 3 is 2.66 bits per heavy atom. The molecule has 0 radical (unpaired) electrons. The lowest BCUT2D eigenvalue weighted by atomic mass is 9.99. The first-order valence-electron chi connectivity index (χ1n) is 10.6. The van der Waals surface area contributed by atoms with Gasteiger partial charge in [-0.05, 0) is 74.1 Å². The minimum absolute atomic E-state index is 0.0870. The predicted octanol–water partition coefficient (Wildman–Crippen LogP) is 4.60. The number of hydrogen-bond donors (Lipinski definition) is 2. The molecule has 166 valence electrons. The van der Waals surface area contributed by atoms with Gasteiger partial charge in [0.15, 0.2) is 5.11 Å². The number of carbonyl (C=O) groups excluding carboxylic acids is 1. The molecule has 3 aromatic rings. The summed E-state index contributed by atoms with van der Waals surface area (Å²) >= 11 is 5.66. The molecule has 0 saturated carbocycles. The molecule has 2 aromatic heterocycles. The highest BCUT2D eigenvalue weighted by Gasteiger charge is 2.40. The molecular weight excluding hydrogens is 425 g/mol. The summed E-state index contributed by atoms with van der Waals surface area (Å²) in [4.78, 5) is 19.1. The van der Waals surface area contributed by atoms with E-state index in [2.05, 4.69) is 57.4 Å². The average molecular weight is 452 g/mol. The molecule has 1 aromatic carbocycles. The predicted molar refractivity (Wildman–Crippen MR) is 127 cm³/mol. The van der Waals surface area contributed by atoms with E-state index in [9.17, 15) is 9.18 Å². The number of carbonyl (C=O) groups is 1. The maximum atomic E-state index is 13.1. The molecule has 6 nitrogen and oxygen atoms in total. The fraction of sp³-hybridized carbons (Fsp3) is 0.292. The smallest absolute Gasteiger partial charge is 0.226 e. The van der Waals surface area contributed by atoms with Crippen LogP contribution in [0.3, 0.4) is 0 Å². The van der Waals surface area contributed by atoms with Crippen molar-refractivity contribution in [2.45, 2.75) is 38.4 Å². The van der Waals surface area contributed by atoms with Crippen molar-refractivity contribution in [3.63, 3.8) is 0 Å². The summed E-state index contributed by atoms with van der Waals surface area (Å²) in [5, 5.41) is 6.81. The van der Waals surface area contributed by atoms with E-state index < -0.39 is 0 Å². The zero-order valence-electron chi connectivity index (χ0n) is 18.0. The van der Waals surface area contributed by atoms with Gasteiger partial charge in [-0.3, -0.25) is 9.78 Å². The fourth-order valence-corrected chi connectivity index (χ4v) is 4.25. The number of thiocarbonyl (C=S) groups is 1. The van der Waals surface area contributed by atoms with Gasteiger partial charge in [0.25, 0.3) is 0 Å². The highest BCUT2D eigenvalue weighted by molar-refractivity contribution is 7.80. The number of amides is 1. The third-order valence-corrected chi connectivity index (χ3v) is 5.93. The van der Waals surface area contributed by atoms with E-state index in [4.69, 9.17) is 12.2 Å². The van der Waals surface area contributed by atoms with Gasteiger partial charge in [-0.1, -0.05) is 6.07 Å². The lowest BCUT2D eigenvalue weighted by molar-refractivity contribution is -0.116. The SMILES string of the molecule is CC(C)n1ccc(C2C(c3ccccn3)NC(=S)N2CCC(=O)Nc2ccc(F)cc2)c1. The molecule has 1 aliphatic heterocycles. The molecule has 32 heavy (non-hydrogen) atoms. The van der Waals surface area contributed by atoms with Crippen molar-refractivity contribution in [2.24, 2.45) is 0 Å². The van der Waals surface area contributed by atoms with Crippen LogP contribution in [0.4, 0.5) is 10.1 Å². The van der Waals surface area contributed by atoms with E-state index in [0.29, 0.717) is 23.4 Å². The minimum Gasteiger partial charge on any atom is -0.352 e. The maximum absolute atomic E-state index is 13.1. The second kappa shape index (κ2) is 9.48. The van der Waals surface area contributed by atoms with Crippen LogP contribution in [0.5, 0.6) is 0 Å². The highest BCUT2D eigenvalue weighted by atomic mass is 32.1. The summed E-state index contributed by atoms with van der Waals surface area (Å²) in [5.41, 5.74) is 2.58. The topological polar surface area (TPSA) is 62.2 Å². The van der Waals surface area contributed by atoms with Gasteiger partial charge in [-0.25, -0.2) is 4.39 Å². The number of benzene rings is 1. The molecule has 0 spiro atoms. The quantitative estimate of drug-likeness (QED) is 0.514. The number of nitrogens with zero attached hydrogens (tertiary/aromatic N) is 3. The lowest BCUT2D eigenvalue weighted by Crippen LogP contribution is -2.32. The van der Waals surface area contributed by atoms with Gasteiger partial charge in [0.1, 0.15) is 5.82 Å². The second-order valence-corrected chi connectivity index (χ2v) is 8.50. The summed E-state index contributed by atoms with van der Waals surface area (Å²) in [6, 6.07) is 13.8. The minimum atomic E-state index is -0.340. The van der Waals surface area contributed by atoms with Crippen molar-refractivity contribution < 1.29 is 9.18 Å². The van der Waals surface area contributed by atoms with Gasteiger partial charge in [0.05, 0.1) is 17.8 Å². The standard InChI is InChI=1S/C24H26FN5OS/c1-16(2)29-13-10-17(15-29)23-22(20-5-3-4-12-26-20)28-24(32)30(23)14-11-21(31)27-19-8-6-18(25)7-9-19/h3-10,12-13,15-16,22-23H,11,14H2,1-2H3,(H,27,31)(H,28,32). The lowest BCUT2D eigenvalue weighted by Gasteiger charge is -2.27. The number of halogens is 1. The van der Waals surface area contributed by atoms with Crippen molar-refractivity contribution in [1.82, 2.24) is 19.8 Å². The summed E-state index contributed by atoms with van der Waals surface area (Å²) in [5.74, 6) is -0.493. The first-order valence-corrected chi connectivity index (χ1v) is 11.0. The van der Waals surface area contributed by atoms with Crippen LogP contribution in [0.25, 0.3) is 0 Å². The van der Waals surface area contributed by atoms with Gasteiger partial charge in [0, 0.05) is 43.3 Å². The van der Waals surface area contributed by atoms with Crippen LogP contribution in [0.15, 0.2) is 67.1 Å². The molecule has 2 N–H and O–H groups in total. The van der Waals surface area contributed by atoms with Crippen LogP contribution >= 0.6 is 12.2 Å². The average Bonchev–Trinajstić information content (AvgIpc) is 3.39. The van der Waals surface area contributed by atoms with Crippen LogP contribution in [-0.2, 0) is 4.79 Å². The molecule has 2 atom stereocenters. The van der Waals surface area contributed by atoms with Crippen molar-refractivity contribution >= 4 is 28.9 Å². The van der Waals surface area contributed by atoms with E-state index in [0.717, 1.165) is 11.3 Å². The van der Waals surface area contributed by atoms with Gasteiger partial charge >= 0.3 is 0 Å². The third kappa shape index (κ3) is 4.80. The van der Waals surface area contributed by atoms with Crippen LogP contribution < -0.4 is 10.6 Å². The summed E-state index contributed by atoms with van der Waals surface area (Å²) in [6.45, 7) is 4.71. The summed E-state index contributed by atoms with van der Waals surface area (Å²) in [7, 11) is 0. The van der Waals surface area contributed by atoms with Crippen LogP contribution in [0.2, 0.25) is 0 Å². The number of nitrogens with one attached hydrogen (secondary N) is 2. The largest absolute Gasteiger partial charge is 0.352 e. The number of rotatable bonds is 7. The normalized spacial score (nSPS) is 18.1. The summed E-state index contributed by atoms with van der Waals surface area (Å²) in [6.07, 6.45) is 6.22. The van der Waals surface area contributed by atoms with Crippen molar-refractivity contribution in [3.05, 3.63) is 84.2 Å². The summed E-state index contributed by atoms with van der Waals surface area (Å²) < 4.78 is 15.3. The van der Waals surface area contributed by atoms with E-state index in [1.807, 2.05) is 18.2 Å². The van der Waals surface area contributed by atoms with Crippen LogP contribution in [0.1, 0.15) is 49.7 Å². The highest BCUT2D eigenvalue weighted by Crippen LogP contribution is 2.39. The molecule has 1 fully saturated rings. The Balaban J connectivity index is 1.53. The Morgan fingerprint density at radius 1 is 1.22 bits per heavy atom. The van der Waals surface area contributed by atoms with Crippen LogP contribution in [0, 0.1) is 5.82 Å². The number of pyridine rings is 1. The van der Waals surface area contributed by atoms with Crippen molar-refractivity contribution in [1.29, 1.82) is 0 Å². The van der Waals surface area contributed by atoms with Crippen molar-refractivity contribution in [3.8, 4) is 0 Å². The molecule has 1 saturated heterocycles. The Hall–Kier alpha value is -3.26. The molecule has 0 bridgehead atoms. The molecule has 1 aliphatic rings. The second-order valence-electron chi connectivity index (χ2n) is 8.11. The van der Waals surface area contributed by atoms with E-state index in [1.54, 1.807) is 18.3 Å². The van der Waals surface area contributed by atoms with Gasteiger partial charge in [-0.15, -0.1) is 0 Å². The first kappa shape index (κ1) is 22.0.